The van der Waals surface area contributed by atoms with E-state index in [4.69, 9.17) is 9.15 Å². The lowest BCUT2D eigenvalue weighted by atomic mass is 9.96. The molecule has 7 nitrogen and oxygen atoms in total. The average Bonchev–Trinajstić information content (AvgIpc) is 3.19. The van der Waals surface area contributed by atoms with Gasteiger partial charge in [0.05, 0.1) is 31.5 Å². The molecule has 2 N–H and O–H groups in total. The van der Waals surface area contributed by atoms with Gasteiger partial charge in [-0.2, -0.15) is 0 Å². The van der Waals surface area contributed by atoms with Crippen molar-refractivity contribution in [1.82, 2.24) is 15.3 Å². The van der Waals surface area contributed by atoms with Crippen LogP contribution in [-0.2, 0) is 16.8 Å². The smallest absolute Gasteiger partial charge is 0.293 e. The van der Waals surface area contributed by atoms with Crippen LogP contribution in [0.25, 0.3) is 0 Å². The standard InChI is InChI=1S/C16H19N3O4/c1-22-12-10-17-15(18-14(12)21)16(6-2-3-7-16)19-13(20)9-11-5-4-8-23-11/h4-5,8,10H,2-3,6-7,9H2,1H3,(H,19,20)(H,17,18,21). The fraction of sp³-hybridized carbons (Fsp3) is 0.438. The number of H-pyrrole nitrogens is 1. The Morgan fingerprint density at radius 1 is 1.48 bits per heavy atom. The molecule has 0 atom stereocenters. The monoisotopic (exact) mass is 317 g/mol. The van der Waals surface area contributed by atoms with Crippen LogP contribution >= 0.6 is 0 Å². The number of carbonyl (C=O) groups excluding carboxylic acids is 1. The molecular weight excluding hydrogens is 298 g/mol. The Morgan fingerprint density at radius 3 is 2.87 bits per heavy atom. The molecule has 0 saturated heterocycles. The molecule has 2 aromatic rings. The lowest BCUT2D eigenvalue weighted by molar-refractivity contribution is -0.122. The zero-order valence-electron chi connectivity index (χ0n) is 12.9. The van der Waals surface area contributed by atoms with Gasteiger partial charge < -0.3 is 19.5 Å². The van der Waals surface area contributed by atoms with Crippen molar-refractivity contribution in [3.63, 3.8) is 0 Å². The third kappa shape index (κ3) is 3.13. The normalized spacial score (nSPS) is 16.2. The molecule has 0 aromatic carbocycles. The van der Waals surface area contributed by atoms with Gasteiger partial charge in [-0.1, -0.05) is 12.8 Å². The Bertz CT molecular complexity index is 730. The van der Waals surface area contributed by atoms with E-state index in [1.807, 2.05) is 0 Å². The van der Waals surface area contributed by atoms with Gasteiger partial charge in [-0.3, -0.25) is 9.59 Å². The Hall–Kier alpha value is -2.57. The third-order valence-corrected chi connectivity index (χ3v) is 4.19. The minimum atomic E-state index is -0.630. The first-order valence-electron chi connectivity index (χ1n) is 7.60. The van der Waals surface area contributed by atoms with Gasteiger partial charge >= 0.3 is 0 Å². The maximum absolute atomic E-state index is 12.3. The van der Waals surface area contributed by atoms with Crippen LogP contribution in [0.3, 0.4) is 0 Å². The lowest BCUT2D eigenvalue weighted by Crippen LogP contribution is -2.46. The molecule has 3 rings (SSSR count). The summed E-state index contributed by atoms with van der Waals surface area (Å²) in [4.78, 5) is 31.3. The van der Waals surface area contributed by atoms with Crippen LogP contribution in [0, 0.1) is 0 Å². The quantitative estimate of drug-likeness (QED) is 0.871. The van der Waals surface area contributed by atoms with Crippen molar-refractivity contribution in [2.75, 3.05) is 7.11 Å². The molecule has 122 valence electrons. The van der Waals surface area contributed by atoms with Crippen LogP contribution in [0.15, 0.2) is 33.8 Å². The average molecular weight is 317 g/mol. The Morgan fingerprint density at radius 2 is 2.26 bits per heavy atom. The molecule has 23 heavy (non-hydrogen) atoms. The molecule has 2 aromatic heterocycles. The Labute approximate surface area is 133 Å². The number of hydrogen-bond acceptors (Lipinski definition) is 5. The van der Waals surface area contributed by atoms with Crippen LogP contribution < -0.4 is 15.6 Å². The number of nitrogens with one attached hydrogen (secondary N) is 2. The number of aromatic amines is 1. The molecule has 1 amide bonds. The van der Waals surface area contributed by atoms with E-state index >= 15 is 0 Å². The highest BCUT2D eigenvalue weighted by atomic mass is 16.5. The number of amides is 1. The number of ether oxygens (including phenoxy) is 1. The predicted octanol–water partition coefficient (Wildman–Crippen LogP) is 1.50. The van der Waals surface area contributed by atoms with Crippen molar-refractivity contribution in [2.24, 2.45) is 0 Å². The summed E-state index contributed by atoms with van der Waals surface area (Å²) >= 11 is 0. The number of rotatable bonds is 5. The molecule has 7 heteroatoms. The molecule has 0 unspecified atom stereocenters. The lowest BCUT2D eigenvalue weighted by Gasteiger charge is -2.29. The van der Waals surface area contributed by atoms with Crippen LogP contribution in [0.4, 0.5) is 0 Å². The largest absolute Gasteiger partial charge is 0.490 e. The summed E-state index contributed by atoms with van der Waals surface area (Å²) in [6.07, 6.45) is 6.52. The zero-order chi connectivity index (χ0) is 16.3. The zero-order valence-corrected chi connectivity index (χ0v) is 12.9. The minimum absolute atomic E-state index is 0.152. The van der Waals surface area contributed by atoms with Crippen molar-refractivity contribution in [3.8, 4) is 5.75 Å². The highest BCUT2D eigenvalue weighted by Crippen LogP contribution is 2.36. The van der Waals surface area contributed by atoms with E-state index in [0.29, 0.717) is 11.6 Å². The maximum Gasteiger partial charge on any atom is 0.293 e. The molecule has 1 aliphatic rings. The van der Waals surface area contributed by atoms with Gasteiger partial charge in [-0.05, 0) is 25.0 Å². The summed E-state index contributed by atoms with van der Waals surface area (Å²) in [5, 5.41) is 3.04. The van der Waals surface area contributed by atoms with E-state index in [1.54, 1.807) is 12.1 Å². The van der Waals surface area contributed by atoms with Gasteiger partial charge in [0.25, 0.3) is 5.56 Å². The summed E-state index contributed by atoms with van der Waals surface area (Å²) in [5.74, 6) is 1.09. The van der Waals surface area contributed by atoms with Crippen molar-refractivity contribution < 1.29 is 13.9 Å². The van der Waals surface area contributed by atoms with Crippen molar-refractivity contribution in [3.05, 3.63) is 46.5 Å². The first kappa shape index (κ1) is 15.3. The number of furan rings is 1. The van der Waals surface area contributed by atoms with E-state index in [-0.39, 0.29) is 23.6 Å². The van der Waals surface area contributed by atoms with Crippen LogP contribution in [0.5, 0.6) is 5.75 Å². The van der Waals surface area contributed by atoms with Crippen molar-refractivity contribution >= 4 is 5.91 Å². The van der Waals surface area contributed by atoms with E-state index < -0.39 is 5.54 Å². The minimum Gasteiger partial charge on any atom is -0.490 e. The molecule has 2 heterocycles. The fourth-order valence-electron chi connectivity index (χ4n) is 3.05. The van der Waals surface area contributed by atoms with E-state index in [2.05, 4.69) is 15.3 Å². The molecule has 0 bridgehead atoms. The van der Waals surface area contributed by atoms with Crippen LogP contribution in [-0.4, -0.2) is 23.0 Å². The summed E-state index contributed by atoms with van der Waals surface area (Å²) in [5.41, 5.74) is -0.973. The fourth-order valence-corrected chi connectivity index (χ4v) is 3.05. The second-order valence-corrected chi connectivity index (χ2v) is 5.72. The maximum atomic E-state index is 12.3. The molecule has 0 spiro atoms. The highest BCUT2D eigenvalue weighted by molar-refractivity contribution is 5.78. The molecule has 1 saturated carbocycles. The van der Waals surface area contributed by atoms with Crippen LogP contribution in [0.1, 0.15) is 37.3 Å². The van der Waals surface area contributed by atoms with E-state index in [9.17, 15) is 9.59 Å². The van der Waals surface area contributed by atoms with Crippen LogP contribution in [0.2, 0.25) is 0 Å². The number of carbonyl (C=O) groups is 1. The summed E-state index contributed by atoms with van der Waals surface area (Å²) in [6, 6.07) is 3.50. The molecule has 0 radical (unpaired) electrons. The Balaban J connectivity index is 1.83. The highest BCUT2D eigenvalue weighted by Gasteiger charge is 2.39. The van der Waals surface area contributed by atoms with Gasteiger partial charge in [0, 0.05) is 0 Å². The second-order valence-electron chi connectivity index (χ2n) is 5.72. The number of methoxy groups -OCH3 is 1. The van der Waals surface area contributed by atoms with Crippen molar-refractivity contribution in [1.29, 1.82) is 0 Å². The van der Waals surface area contributed by atoms with E-state index in [0.717, 1.165) is 25.7 Å². The SMILES string of the molecule is COc1cnc(C2(NC(=O)Cc3ccco3)CCCC2)[nH]c1=O. The first-order valence-corrected chi connectivity index (χ1v) is 7.60. The molecule has 1 fully saturated rings. The van der Waals surface area contributed by atoms with E-state index in [1.165, 1.54) is 19.6 Å². The predicted molar refractivity (Wildman–Crippen MR) is 82.1 cm³/mol. The summed E-state index contributed by atoms with van der Waals surface area (Å²) < 4.78 is 10.1. The first-order chi connectivity index (χ1) is 11.1. The number of hydrogen-bond donors (Lipinski definition) is 2. The third-order valence-electron chi connectivity index (χ3n) is 4.19. The van der Waals surface area contributed by atoms with Gasteiger partial charge in [0.1, 0.15) is 11.6 Å². The van der Waals surface area contributed by atoms with Gasteiger partial charge in [0.15, 0.2) is 0 Å². The molecule has 1 aliphatic carbocycles. The topological polar surface area (TPSA) is 97.2 Å². The van der Waals surface area contributed by atoms with Crippen molar-refractivity contribution in [2.45, 2.75) is 37.6 Å². The van der Waals surface area contributed by atoms with Gasteiger partial charge in [-0.15, -0.1) is 0 Å². The molecular formula is C16H19N3O4. The summed E-state index contributed by atoms with van der Waals surface area (Å²) in [6.45, 7) is 0. The summed E-state index contributed by atoms with van der Waals surface area (Å²) in [7, 11) is 1.42. The number of aromatic nitrogens is 2. The molecule has 0 aliphatic heterocycles. The number of nitrogens with zero attached hydrogens (tertiary/aromatic N) is 1. The Kier molecular flexibility index (Phi) is 4.18. The van der Waals surface area contributed by atoms with Gasteiger partial charge in [-0.25, -0.2) is 4.98 Å². The van der Waals surface area contributed by atoms with Gasteiger partial charge in [0.2, 0.25) is 11.7 Å². The second kappa shape index (κ2) is 6.28.